The molecule has 0 spiro atoms. The fraction of sp³-hybridized carbons (Fsp3) is 0.579. The van der Waals surface area contributed by atoms with E-state index in [-0.39, 0.29) is 29.3 Å². The van der Waals surface area contributed by atoms with Crippen molar-refractivity contribution in [3.63, 3.8) is 0 Å². The minimum atomic E-state index is -0.834. The van der Waals surface area contributed by atoms with Gasteiger partial charge < -0.3 is 9.80 Å². The normalized spacial score (nSPS) is 25.4. The monoisotopic (exact) mass is 316 g/mol. The first-order valence-electron chi connectivity index (χ1n) is 8.19. The maximum absolute atomic E-state index is 13.3. The lowest BCUT2D eigenvalue weighted by molar-refractivity contribution is -0.134. The van der Waals surface area contributed by atoms with E-state index in [0.29, 0.717) is 5.56 Å². The molecule has 0 aliphatic carbocycles. The molecule has 4 nitrogen and oxygen atoms in total. The van der Waals surface area contributed by atoms with Crippen LogP contribution < -0.4 is 0 Å². The SMILES string of the molecule is CC(C)[C@]1(C)C(=O)N(C)[C@@H](C(C)(C)C)N1C(=O)c1ccccc1. The molecular weight excluding hydrogens is 288 g/mol. The van der Waals surface area contributed by atoms with E-state index in [0.717, 1.165) is 0 Å². The highest BCUT2D eigenvalue weighted by atomic mass is 16.2. The molecule has 1 aliphatic heterocycles. The zero-order chi connectivity index (χ0) is 17.6. The molecule has 2 amide bonds. The van der Waals surface area contributed by atoms with Crippen LogP contribution in [0.4, 0.5) is 0 Å². The second kappa shape index (κ2) is 5.66. The van der Waals surface area contributed by atoms with E-state index in [4.69, 9.17) is 0 Å². The van der Waals surface area contributed by atoms with Crippen LogP contribution in [0, 0.1) is 11.3 Å². The minimum Gasteiger partial charge on any atom is -0.323 e. The molecule has 1 fully saturated rings. The number of hydrogen-bond acceptors (Lipinski definition) is 2. The molecule has 23 heavy (non-hydrogen) atoms. The number of carbonyl (C=O) groups excluding carboxylic acids is 2. The quantitative estimate of drug-likeness (QED) is 0.839. The molecule has 1 heterocycles. The van der Waals surface area contributed by atoms with Crippen LogP contribution in [0.5, 0.6) is 0 Å². The summed E-state index contributed by atoms with van der Waals surface area (Å²) in [6, 6.07) is 9.22. The van der Waals surface area contributed by atoms with E-state index in [2.05, 4.69) is 20.8 Å². The predicted octanol–water partition coefficient (Wildman–Crippen LogP) is 3.39. The van der Waals surface area contributed by atoms with Crippen LogP contribution in [0.2, 0.25) is 0 Å². The summed E-state index contributed by atoms with van der Waals surface area (Å²) in [7, 11) is 1.80. The number of likely N-dealkylation sites (N-methyl/N-ethyl adjacent to an activating group) is 1. The molecule has 4 heteroatoms. The Labute approximate surface area is 139 Å². The number of amides is 2. The molecule has 0 bridgehead atoms. The lowest BCUT2D eigenvalue weighted by Crippen LogP contribution is -2.57. The Hall–Kier alpha value is -1.84. The molecule has 0 radical (unpaired) electrons. The van der Waals surface area contributed by atoms with E-state index >= 15 is 0 Å². The highest BCUT2D eigenvalue weighted by molar-refractivity contribution is 6.01. The van der Waals surface area contributed by atoms with Crippen LogP contribution in [0.25, 0.3) is 0 Å². The van der Waals surface area contributed by atoms with Gasteiger partial charge in [-0.2, -0.15) is 0 Å². The zero-order valence-corrected chi connectivity index (χ0v) is 15.3. The van der Waals surface area contributed by atoms with Gasteiger partial charge in [0, 0.05) is 18.0 Å². The van der Waals surface area contributed by atoms with E-state index in [1.54, 1.807) is 16.8 Å². The van der Waals surface area contributed by atoms with Gasteiger partial charge >= 0.3 is 0 Å². The van der Waals surface area contributed by atoms with Crippen molar-refractivity contribution in [3.8, 4) is 0 Å². The van der Waals surface area contributed by atoms with Gasteiger partial charge in [0.15, 0.2) is 0 Å². The first-order valence-corrected chi connectivity index (χ1v) is 8.19. The Morgan fingerprint density at radius 3 is 2.13 bits per heavy atom. The van der Waals surface area contributed by atoms with E-state index in [1.807, 2.05) is 51.1 Å². The Morgan fingerprint density at radius 2 is 1.70 bits per heavy atom. The second-order valence-electron chi connectivity index (χ2n) is 8.00. The van der Waals surface area contributed by atoms with Gasteiger partial charge in [0.1, 0.15) is 11.7 Å². The fourth-order valence-corrected chi connectivity index (χ4v) is 3.53. The summed E-state index contributed by atoms with van der Waals surface area (Å²) >= 11 is 0. The number of rotatable bonds is 2. The largest absolute Gasteiger partial charge is 0.323 e. The Kier molecular flexibility index (Phi) is 4.31. The molecule has 126 valence electrons. The highest BCUT2D eigenvalue weighted by Crippen LogP contribution is 2.43. The molecule has 1 aromatic carbocycles. The molecule has 0 saturated carbocycles. The lowest BCUT2D eigenvalue weighted by atomic mass is 9.84. The third-order valence-corrected chi connectivity index (χ3v) is 5.00. The third-order valence-electron chi connectivity index (χ3n) is 5.00. The average Bonchev–Trinajstić information content (AvgIpc) is 2.69. The Balaban J connectivity index is 2.61. The number of hydrogen-bond donors (Lipinski definition) is 0. The van der Waals surface area contributed by atoms with Crippen LogP contribution in [-0.4, -0.2) is 40.4 Å². The van der Waals surface area contributed by atoms with Crippen LogP contribution >= 0.6 is 0 Å². The van der Waals surface area contributed by atoms with E-state index < -0.39 is 5.54 Å². The molecule has 0 aromatic heterocycles. The molecular formula is C19H28N2O2. The predicted molar refractivity (Wildman–Crippen MR) is 91.9 cm³/mol. The van der Waals surface area contributed by atoms with Gasteiger partial charge in [-0.3, -0.25) is 9.59 Å². The van der Waals surface area contributed by atoms with Crippen molar-refractivity contribution >= 4 is 11.8 Å². The summed E-state index contributed by atoms with van der Waals surface area (Å²) in [5, 5.41) is 0. The summed E-state index contributed by atoms with van der Waals surface area (Å²) < 4.78 is 0. The molecule has 0 unspecified atom stereocenters. The van der Waals surface area contributed by atoms with Gasteiger partial charge in [-0.15, -0.1) is 0 Å². The van der Waals surface area contributed by atoms with Crippen LogP contribution in [0.3, 0.4) is 0 Å². The van der Waals surface area contributed by atoms with E-state index in [9.17, 15) is 9.59 Å². The minimum absolute atomic E-state index is 0.0108. The first kappa shape index (κ1) is 17.5. The van der Waals surface area contributed by atoms with Crippen LogP contribution in [0.15, 0.2) is 30.3 Å². The Bertz CT molecular complexity index is 604. The number of nitrogens with zero attached hydrogens (tertiary/aromatic N) is 2. The van der Waals surface area contributed by atoms with Crippen molar-refractivity contribution in [2.45, 2.75) is 53.2 Å². The lowest BCUT2D eigenvalue weighted by Gasteiger charge is -2.43. The molecule has 1 saturated heterocycles. The maximum Gasteiger partial charge on any atom is 0.256 e. The second-order valence-corrected chi connectivity index (χ2v) is 8.00. The highest BCUT2D eigenvalue weighted by Gasteiger charge is 2.59. The summed E-state index contributed by atoms with van der Waals surface area (Å²) in [6.07, 6.45) is -0.268. The van der Waals surface area contributed by atoms with Crippen molar-refractivity contribution in [2.75, 3.05) is 7.05 Å². The zero-order valence-electron chi connectivity index (χ0n) is 15.3. The van der Waals surface area contributed by atoms with Crippen molar-refractivity contribution in [3.05, 3.63) is 35.9 Å². The smallest absolute Gasteiger partial charge is 0.256 e. The van der Waals surface area contributed by atoms with Crippen LogP contribution in [0.1, 0.15) is 51.9 Å². The third kappa shape index (κ3) is 2.64. The van der Waals surface area contributed by atoms with Crippen molar-refractivity contribution in [1.29, 1.82) is 0 Å². The molecule has 0 N–H and O–H groups in total. The summed E-state index contributed by atoms with van der Waals surface area (Å²) in [6.45, 7) is 12.1. The number of carbonyl (C=O) groups is 2. The van der Waals surface area contributed by atoms with Crippen molar-refractivity contribution in [2.24, 2.45) is 11.3 Å². The van der Waals surface area contributed by atoms with Gasteiger partial charge in [0.2, 0.25) is 5.91 Å². The van der Waals surface area contributed by atoms with Crippen molar-refractivity contribution < 1.29 is 9.59 Å². The fourth-order valence-electron chi connectivity index (χ4n) is 3.53. The maximum atomic E-state index is 13.3. The van der Waals surface area contributed by atoms with Gasteiger partial charge in [-0.1, -0.05) is 52.8 Å². The van der Waals surface area contributed by atoms with Crippen molar-refractivity contribution in [1.82, 2.24) is 9.80 Å². The molecule has 2 rings (SSSR count). The topological polar surface area (TPSA) is 40.6 Å². The number of benzene rings is 1. The first-order chi connectivity index (χ1) is 10.5. The van der Waals surface area contributed by atoms with Gasteiger partial charge in [0.25, 0.3) is 5.91 Å². The molecule has 2 atom stereocenters. The van der Waals surface area contributed by atoms with Gasteiger partial charge in [0.05, 0.1) is 0 Å². The van der Waals surface area contributed by atoms with Gasteiger partial charge in [-0.25, -0.2) is 0 Å². The average molecular weight is 316 g/mol. The van der Waals surface area contributed by atoms with E-state index in [1.165, 1.54) is 0 Å². The summed E-state index contributed by atoms with van der Waals surface area (Å²) in [5.41, 5.74) is -0.446. The molecule has 1 aromatic rings. The van der Waals surface area contributed by atoms with Gasteiger partial charge in [-0.05, 0) is 25.0 Å². The molecule has 1 aliphatic rings. The summed E-state index contributed by atoms with van der Waals surface area (Å²) in [5.74, 6) is -0.0476. The summed E-state index contributed by atoms with van der Waals surface area (Å²) in [4.78, 5) is 29.8. The van der Waals surface area contributed by atoms with Crippen LogP contribution in [-0.2, 0) is 4.79 Å². The Morgan fingerprint density at radius 1 is 1.17 bits per heavy atom. The standard InChI is InChI=1S/C19H28N2O2/c1-13(2)19(6)17(23)20(7)16(18(3,4)5)21(19)15(22)14-11-9-8-10-12-14/h8-13,16H,1-7H3/t16-,19-/m1/s1.